The minimum Gasteiger partial charge on any atom is -0.385 e. The van der Waals surface area contributed by atoms with Crippen LogP contribution in [-0.4, -0.2) is 39.9 Å². The van der Waals surface area contributed by atoms with E-state index in [1.165, 1.54) is 0 Å². The number of methoxy groups -OCH3 is 1. The molecule has 108 valence electrons. The second-order valence-electron chi connectivity index (χ2n) is 4.61. The van der Waals surface area contributed by atoms with E-state index in [-0.39, 0.29) is 18.2 Å². The molecule has 1 aliphatic rings. The summed E-state index contributed by atoms with van der Waals surface area (Å²) in [5, 5.41) is 3.30. The normalized spacial score (nSPS) is 15.2. The highest BCUT2D eigenvalue weighted by Gasteiger charge is 2.12. The summed E-state index contributed by atoms with van der Waals surface area (Å²) in [4.78, 5) is 2.22. The number of piperazine rings is 1. The van der Waals surface area contributed by atoms with Gasteiger partial charge in [-0.05, 0) is 30.5 Å². The first kappa shape index (κ1) is 16.2. The summed E-state index contributed by atoms with van der Waals surface area (Å²) in [7, 11) is 1.67. The lowest BCUT2D eigenvalue weighted by atomic mass is 10.1. The van der Waals surface area contributed by atoms with Gasteiger partial charge in [0.05, 0.1) is 0 Å². The maximum atomic E-state index is 13.9. The molecule has 0 amide bonds. The SMILES string of the molecule is COCCCc1ccc(N2CCNCC2)cc1F.Cl. The summed E-state index contributed by atoms with van der Waals surface area (Å²) in [6.45, 7) is 4.51. The fourth-order valence-electron chi connectivity index (χ4n) is 2.27. The summed E-state index contributed by atoms with van der Waals surface area (Å²) in [5.74, 6) is -0.0952. The van der Waals surface area contributed by atoms with E-state index in [1.807, 2.05) is 12.1 Å². The van der Waals surface area contributed by atoms with Gasteiger partial charge in [-0.1, -0.05) is 6.07 Å². The molecule has 0 atom stereocenters. The monoisotopic (exact) mass is 288 g/mol. The number of aryl methyl sites for hydroxylation is 1. The summed E-state index contributed by atoms with van der Waals surface area (Å²) >= 11 is 0. The maximum Gasteiger partial charge on any atom is 0.128 e. The number of rotatable bonds is 5. The van der Waals surface area contributed by atoms with Gasteiger partial charge in [0.2, 0.25) is 0 Å². The van der Waals surface area contributed by atoms with E-state index < -0.39 is 0 Å². The van der Waals surface area contributed by atoms with Crippen LogP contribution in [0.2, 0.25) is 0 Å². The van der Waals surface area contributed by atoms with Crippen molar-refractivity contribution in [2.24, 2.45) is 0 Å². The van der Waals surface area contributed by atoms with Gasteiger partial charge in [0.15, 0.2) is 0 Å². The molecule has 5 heteroatoms. The van der Waals surface area contributed by atoms with Gasteiger partial charge in [0, 0.05) is 45.6 Å². The van der Waals surface area contributed by atoms with Crippen LogP contribution in [0.5, 0.6) is 0 Å². The lowest BCUT2D eigenvalue weighted by Gasteiger charge is -2.29. The highest BCUT2D eigenvalue weighted by molar-refractivity contribution is 5.85. The molecule has 0 aromatic heterocycles. The van der Waals surface area contributed by atoms with E-state index in [0.29, 0.717) is 6.61 Å². The largest absolute Gasteiger partial charge is 0.385 e. The van der Waals surface area contributed by atoms with Crippen LogP contribution in [0.1, 0.15) is 12.0 Å². The van der Waals surface area contributed by atoms with Crippen LogP contribution in [0.3, 0.4) is 0 Å². The Morgan fingerprint density at radius 2 is 2.05 bits per heavy atom. The predicted octanol–water partition coefficient (Wildman–Crippen LogP) is 2.24. The first-order valence-electron chi connectivity index (χ1n) is 6.54. The summed E-state index contributed by atoms with van der Waals surface area (Å²) in [5.41, 5.74) is 1.77. The first-order chi connectivity index (χ1) is 8.81. The van der Waals surface area contributed by atoms with E-state index in [0.717, 1.165) is 50.3 Å². The molecule has 1 N–H and O–H groups in total. The van der Waals surface area contributed by atoms with Gasteiger partial charge in [-0.2, -0.15) is 0 Å². The minimum atomic E-state index is -0.0952. The van der Waals surface area contributed by atoms with Crippen LogP contribution in [0, 0.1) is 5.82 Å². The molecule has 1 saturated heterocycles. The number of hydrogen-bond donors (Lipinski definition) is 1. The maximum absolute atomic E-state index is 13.9. The lowest BCUT2D eigenvalue weighted by Crippen LogP contribution is -2.43. The molecule has 3 nitrogen and oxygen atoms in total. The topological polar surface area (TPSA) is 24.5 Å². The van der Waals surface area contributed by atoms with Crippen LogP contribution in [-0.2, 0) is 11.2 Å². The van der Waals surface area contributed by atoms with Crippen molar-refractivity contribution in [3.63, 3.8) is 0 Å². The number of hydrogen-bond acceptors (Lipinski definition) is 3. The molecule has 1 aliphatic heterocycles. The number of nitrogens with zero attached hydrogens (tertiary/aromatic N) is 1. The van der Waals surface area contributed by atoms with Crippen LogP contribution in [0.25, 0.3) is 0 Å². The van der Waals surface area contributed by atoms with Crippen molar-refractivity contribution in [3.8, 4) is 0 Å². The van der Waals surface area contributed by atoms with Crippen molar-refractivity contribution in [3.05, 3.63) is 29.6 Å². The molecule has 0 aliphatic carbocycles. The van der Waals surface area contributed by atoms with Gasteiger partial charge < -0.3 is 15.0 Å². The first-order valence-corrected chi connectivity index (χ1v) is 6.54. The van der Waals surface area contributed by atoms with Gasteiger partial charge in [-0.15, -0.1) is 12.4 Å². The zero-order valence-corrected chi connectivity index (χ0v) is 12.1. The van der Waals surface area contributed by atoms with Crippen molar-refractivity contribution in [1.82, 2.24) is 5.32 Å². The lowest BCUT2D eigenvalue weighted by molar-refractivity contribution is 0.195. The molecule has 1 aromatic carbocycles. The number of nitrogens with one attached hydrogen (secondary N) is 1. The zero-order valence-electron chi connectivity index (χ0n) is 11.3. The smallest absolute Gasteiger partial charge is 0.128 e. The van der Waals surface area contributed by atoms with Crippen molar-refractivity contribution < 1.29 is 9.13 Å². The minimum absolute atomic E-state index is 0. The summed E-state index contributed by atoms with van der Waals surface area (Å²) < 4.78 is 18.9. The number of ether oxygens (including phenoxy) is 1. The van der Waals surface area contributed by atoms with E-state index >= 15 is 0 Å². The summed E-state index contributed by atoms with van der Waals surface area (Å²) in [6, 6.07) is 5.59. The van der Waals surface area contributed by atoms with Gasteiger partial charge >= 0.3 is 0 Å². The Labute approximate surface area is 120 Å². The van der Waals surface area contributed by atoms with Crippen molar-refractivity contribution in [1.29, 1.82) is 0 Å². The Kier molecular flexibility index (Phi) is 7.13. The average molecular weight is 289 g/mol. The third-order valence-corrected chi connectivity index (χ3v) is 3.31. The molecule has 19 heavy (non-hydrogen) atoms. The number of halogens is 2. The van der Waals surface area contributed by atoms with Crippen molar-refractivity contribution >= 4 is 18.1 Å². The van der Waals surface area contributed by atoms with E-state index in [4.69, 9.17) is 4.74 Å². The fraction of sp³-hybridized carbons (Fsp3) is 0.571. The van der Waals surface area contributed by atoms with Crippen LogP contribution < -0.4 is 10.2 Å². The molecule has 0 saturated carbocycles. The molecule has 1 aromatic rings. The fourth-order valence-corrected chi connectivity index (χ4v) is 2.27. The molecule has 0 bridgehead atoms. The third-order valence-electron chi connectivity index (χ3n) is 3.31. The second-order valence-corrected chi connectivity index (χ2v) is 4.61. The molecule has 1 fully saturated rings. The Morgan fingerprint density at radius 1 is 1.32 bits per heavy atom. The van der Waals surface area contributed by atoms with Crippen LogP contribution in [0.15, 0.2) is 18.2 Å². The van der Waals surface area contributed by atoms with Crippen molar-refractivity contribution in [2.45, 2.75) is 12.8 Å². The quantitative estimate of drug-likeness (QED) is 0.841. The van der Waals surface area contributed by atoms with Gasteiger partial charge in [-0.25, -0.2) is 4.39 Å². The molecule has 1 heterocycles. The second kappa shape index (κ2) is 8.35. The van der Waals surface area contributed by atoms with E-state index in [1.54, 1.807) is 13.2 Å². The third kappa shape index (κ3) is 4.64. The molecule has 0 spiro atoms. The Bertz CT molecular complexity index is 384. The van der Waals surface area contributed by atoms with Gasteiger partial charge in [0.25, 0.3) is 0 Å². The number of anilines is 1. The van der Waals surface area contributed by atoms with E-state index in [9.17, 15) is 4.39 Å². The zero-order chi connectivity index (χ0) is 12.8. The van der Waals surface area contributed by atoms with Gasteiger partial charge in [-0.3, -0.25) is 0 Å². The highest BCUT2D eigenvalue weighted by Crippen LogP contribution is 2.20. The molecule has 0 radical (unpaired) electrons. The highest BCUT2D eigenvalue weighted by atomic mass is 35.5. The molecular weight excluding hydrogens is 267 g/mol. The van der Waals surface area contributed by atoms with Crippen LogP contribution in [0.4, 0.5) is 10.1 Å². The van der Waals surface area contributed by atoms with Crippen LogP contribution >= 0.6 is 12.4 Å². The predicted molar refractivity (Wildman–Crippen MR) is 78.9 cm³/mol. The number of benzene rings is 1. The Morgan fingerprint density at radius 3 is 2.68 bits per heavy atom. The van der Waals surface area contributed by atoms with E-state index in [2.05, 4.69) is 10.2 Å². The molecule has 0 unspecified atom stereocenters. The molecule has 2 rings (SSSR count). The van der Waals surface area contributed by atoms with Crippen molar-refractivity contribution in [2.75, 3.05) is 44.8 Å². The average Bonchev–Trinajstić information content (AvgIpc) is 2.42. The van der Waals surface area contributed by atoms with Gasteiger partial charge in [0.1, 0.15) is 5.82 Å². The molecular formula is C14H22ClFN2O. The standard InChI is InChI=1S/C14H21FN2O.ClH/c1-18-10-2-3-12-4-5-13(11-14(12)15)17-8-6-16-7-9-17;/h4-5,11,16H,2-3,6-10H2,1H3;1H. The Hall–Kier alpha value is -0.840. The summed E-state index contributed by atoms with van der Waals surface area (Å²) in [6.07, 6.45) is 1.60. The Balaban J connectivity index is 0.00000180.